The lowest BCUT2D eigenvalue weighted by Gasteiger charge is -2.18. The number of rotatable bonds is 7. The molecule has 1 N–H and O–H groups in total. The van der Waals surface area contributed by atoms with E-state index in [0.29, 0.717) is 13.0 Å². The van der Waals surface area contributed by atoms with Crippen molar-refractivity contribution in [3.63, 3.8) is 0 Å². The van der Waals surface area contributed by atoms with Gasteiger partial charge in [-0.05, 0) is 13.0 Å². The van der Waals surface area contributed by atoms with E-state index in [9.17, 15) is 9.59 Å². The van der Waals surface area contributed by atoms with Crippen LogP contribution in [0, 0.1) is 0 Å². The van der Waals surface area contributed by atoms with Crippen molar-refractivity contribution in [1.29, 1.82) is 0 Å². The summed E-state index contributed by atoms with van der Waals surface area (Å²) in [6, 6.07) is 0. The summed E-state index contributed by atoms with van der Waals surface area (Å²) in [5, 5.41) is 2.08. The molecule has 0 aliphatic carbocycles. The Hall–Kier alpha value is -1.91. The van der Waals surface area contributed by atoms with E-state index in [1.54, 1.807) is 18.4 Å². The fourth-order valence-corrected chi connectivity index (χ4v) is 1.03. The number of hydrogen-bond acceptors (Lipinski definition) is 4. The minimum absolute atomic E-state index is 0.239. The van der Waals surface area contributed by atoms with Crippen LogP contribution in [0.4, 0.5) is 0 Å². The summed E-state index contributed by atoms with van der Waals surface area (Å²) in [6.07, 6.45) is 5.66. The number of aliphatic imine (C=N–C) groups is 1. The summed E-state index contributed by atoms with van der Waals surface area (Å²) >= 11 is 0. The molecule has 0 spiro atoms. The van der Waals surface area contributed by atoms with Gasteiger partial charge in [-0.15, -0.1) is 0 Å². The normalized spacial score (nSPS) is 9.60. The van der Waals surface area contributed by atoms with Crippen LogP contribution >= 0.6 is 0 Å². The molecule has 5 nitrogen and oxygen atoms in total. The van der Waals surface area contributed by atoms with E-state index in [2.05, 4.69) is 16.9 Å². The summed E-state index contributed by atoms with van der Waals surface area (Å²) in [5.41, 5.74) is 0. The van der Waals surface area contributed by atoms with Crippen LogP contribution in [0.15, 0.2) is 29.5 Å². The van der Waals surface area contributed by atoms with E-state index < -0.39 is 0 Å². The summed E-state index contributed by atoms with van der Waals surface area (Å²) in [7, 11) is 1.82. The molecule has 5 heteroatoms. The van der Waals surface area contributed by atoms with Crippen molar-refractivity contribution in [1.82, 2.24) is 10.2 Å². The second kappa shape index (κ2) is 19.4. The molecule has 0 fully saturated rings. The van der Waals surface area contributed by atoms with Crippen LogP contribution in [0.5, 0.6) is 0 Å². The number of nitrogens with zero attached hydrogens (tertiary/aromatic N) is 2. The number of hydrogen-bond donors (Lipinski definition) is 1. The third kappa shape index (κ3) is 14.2. The van der Waals surface area contributed by atoms with Crippen LogP contribution in [0.2, 0.25) is 0 Å². The molecular weight excluding hydrogens is 254 g/mol. The molecule has 0 saturated heterocycles. The van der Waals surface area contributed by atoms with Gasteiger partial charge in [-0.2, -0.15) is 0 Å². The highest BCUT2D eigenvalue weighted by molar-refractivity contribution is 5.85. The monoisotopic (exact) mass is 283 g/mol. The molecule has 0 aromatic carbocycles. The Morgan fingerprint density at radius 3 is 2.25 bits per heavy atom. The summed E-state index contributed by atoms with van der Waals surface area (Å²) < 4.78 is 0. The van der Waals surface area contributed by atoms with E-state index in [1.165, 1.54) is 0 Å². The van der Waals surface area contributed by atoms with Crippen molar-refractivity contribution in [2.24, 2.45) is 4.99 Å². The molecule has 0 unspecified atom stereocenters. The molecule has 0 bridgehead atoms. The predicted molar refractivity (Wildman–Crippen MR) is 86.6 cm³/mol. The van der Waals surface area contributed by atoms with Gasteiger partial charge in [0.2, 0.25) is 12.3 Å². The molecule has 0 heterocycles. The predicted octanol–water partition coefficient (Wildman–Crippen LogP) is 2.75. The van der Waals surface area contributed by atoms with Crippen LogP contribution in [-0.2, 0) is 9.59 Å². The van der Waals surface area contributed by atoms with Gasteiger partial charge in [-0.3, -0.25) is 14.9 Å². The SMILES string of the molecule is C=C/C=C(\N=C/C)N(C)CCC(=O)NC=O.CC.CC. The first-order valence-corrected chi connectivity index (χ1v) is 6.91. The zero-order valence-corrected chi connectivity index (χ0v) is 13.6. The van der Waals surface area contributed by atoms with Gasteiger partial charge in [-0.1, -0.05) is 40.3 Å². The number of carbonyl (C=O) groups excluding carboxylic acids is 2. The average molecular weight is 283 g/mol. The maximum atomic E-state index is 11.0. The molecule has 2 amide bonds. The van der Waals surface area contributed by atoms with E-state index in [1.807, 2.05) is 46.6 Å². The maximum Gasteiger partial charge on any atom is 0.228 e. The first-order valence-electron chi connectivity index (χ1n) is 6.91. The van der Waals surface area contributed by atoms with Gasteiger partial charge in [0.25, 0.3) is 0 Å². The number of imide groups is 1. The zero-order valence-electron chi connectivity index (χ0n) is 13.6. The van der Waals surface area contributed by atoms with Crippen molar-refractivity contribution in [3.8, 4) is 0 Å². The quantitative estimate of drug-likeness (QED) is 0.444. The van der Waals surface area contributed by atoms with Gasteiger partial charge in [0.1, 0.15) is 5.82 Å². The second-order valence-corrected chi connectivity index (χ2v) is 3.00. The van der Waals surface area contributed by atoms with Gasteiger partial charge in [-0.25, -0.2) is 4.99 Å². The first-order chi connectivity index (χ1) is 9.65. The Labute approximate surface area is 123 Å². The molecule has 0 aliphatic rings. The van der Waals surface area contributed by atoms with Gasteiger partial charge in [0, 0.05) is 26.2 Å². The van der Waals surface area contributed by atoms with Crippen LogP contribution in [-0.4, -0.2) is 37.0 Å². The van der Waals surface area contributed by atoms with Crippen LogP contribution in [0.25, 0.3) is 0 Å². The van der Waals surface area contributed by atoms with Crippen LogP contribution < -0.4 is 5.32 Å². The molecule has 0 aliphatic heterocycles. The average Bonchev–Trinajstić information content (AvgIpc) is 2.49. The van der Waals surface area contributed by atoms with E-state index in [-0.39, 0.29) is 12.3 Å². The molecule has 0 rings (SSSR count). The van der Waals surface area contributed by atoms with Crippen molar-refractivity contribution >= 4 is 18.5 Å². The van der Waals surface area contributed by atoms with Gasteiger partial charge < -0.3 is 4.90 Å². The van der Waals surface area contributed by atoms with Crippen molar-refractivity contribution in [2.75, 3.05) is 13.6 Å². The van der Waals surface area contributed by atoms with Crippen molar-refractivity contribution in [3.05, 3.63) is 24.6 Å². The fourth-order valence-electron chi connectivity index (χ4n) is 1.03. The second-order valence-electron chi connectivity index (χ2n) is 3.00. The van der Waals surface area contributed by atoms with E-state index in [4.69, 9.17) is 0 Å². The molecule has 0 atom stereocenters. The Morgan fingerprint density at radius 2 is 1.85 bits per heavy atom. The topological polar surface area (TPSA) is 61.8 Å². The highest BCUT2D eigenvalue weighted by Gasteiger charge is 2.05. The Kier molecular flexibility index (Phi) is 22.5. The zero-order chi connectivity index (χ0) is 16.4. The number of allylic oxidation sites excluding steroid dienone is 2. The summed E-state index contributed by atoms with van der Waals surface area (Å²) in [6.45, 7) is 13.9. The van der Waals surface area contributed by atoms with E-state index in [0.717, 1.165) is 5.82 Å². The maximum absolute atomic E-state index is 11.0. The van der Waals surface area contributed by atoms with E-state index >= 15 is 0 Å². The van der Waals surface area contributed by atoms with Gasteiger partial charge in [0.15, 0.2) is 0 Å². The van der Waals surface area contributed by atoms with Gasteiger partial charge >= 0.3 is 0 Å². The third-order valence-electron chi connectivity index (χ3n) is 1.81. The minimum atomic E-state index is -0.305. The number of amides is 2. The molecule has 116 valence electrons. The largest absolute Gasteiger partial charge is 0.359 e. The Balaban J connectivity index is -0.000000656. The molecule has 0 radical (unpaired) electrons. The fraction of sp³-hybridized carbons (Fsp3) is 0.533. The summed E-state index contributed by atoms with van der Waals surface area (Å²) in [5.74, 6) is 0.414. The van der Waals surface area contributed by atoms with Crippen molar-refractivity contribution in [2.45, 2.75) is 41.0 Å². The highest BCUT2D eigenvalue weighted by Crippen LogP contribution is 2.03. The Bertz CT molecular complexity index is 310. The molecule has 0 aromatic rings. The Morgan fingerprint density at radius 1 is 1.30 bits per heavy atom. The van der Waals surface area contributed by atoms with Crippen molar-refractivity contribution < 1.29 is 9.59 Å². The molecule has 20 heavy (non-hydrogen) atoms. The van der Waals surface area contributed by atoms with Gasteiger partial charge in [0.05, 0.1) is 0 Å². The smallest absolute Gasteiger partial charge is 0.228 e. The summed E-state index contributed by atoms with van der Waals surface area (Å²) in [4.78, 5) is 27.0. The lowest BCUT2D eigenvalue weighted by atomic mass is 10.3. The number of carbonyl (C=O) groups is 2. The molecule has 0 saturated carbocycles. The molecular formula is C15H29N3O2. The highest BCUT2D eigenvalue weighted by atomic mass is 16.2. The minimum Gasteiger partial charge on any atom is -0.359 e. The number of nitrogens with one attached hydrogen (secondary N) is 1. The standard InChI is InChI=1S/C11H17N3O2.2C2H6/c1-4-6-10(12-5-2)14(3)8-7-11(16)13-9-15;2*1-2/h4-6,9H,1,7-8H2,2-3H3,(H,13,15,16);2*1-2H3/b10-6+,12-5-;;. The molecule has 0 aromatic heterocycles. The lowest BCUT2D eigenvalue weighted by Crippen LogP contribution is -2.27. The third-order valence-corrected chi connectivity index (χ3v) is 1.81. The van der Waals surface area contributed by atoms with Crippen LogP contribution in [0.1, 0.15) is 41.0 Å². The lowest BCUT2D eigenvalue weighted by molar-refractivity contribution is -0.125. The first kappa shape index (κ1) is 23.2. The van der Waals surface area contributed by atoms with Crippen LogP contribution in [0.3, 0.4) is 0 Å².